The van der Waals surface area contributed by atoms with E-state index >= 15 is 0 Å². The van der Waals surface area contributed by atoms with E-state index in [2.05, 4.69) is 58.5 Å². The highest BCUT2D eigenvalue weighted by atomic mass is 79.9. The molecule has 2 heterocycles. The fraction of sp³-hybridized carbons (Fsp3) is 0.812. The molecule has 1 unspecified atom stereocenters. The number of rotatable bonds is 6. The van der Waals surface area contributed by atoms with Crippen molar-refractivity contribution in [2.75, 3.05) is 19.6 Å². The lowest BCUT2D eigenvalue weighted by Gasteiger charge is -2.34. The van der Waals surface area contributed by atoms with Crippen molar-refractivity contribution in [1.29, 1.82) is 0 Å². The highest BCUT2D eigenvalue weighted by Gasteiger charge is 2.23. The summed E-state index contributed by atoms with van der Waals surface area (Å²) in [5.41, 5.74) is 2.51. The van der Waals surface area contributed by atoms with Gasteiger partial charge in [0.05, 0.1) is 15.9 Å². The standard InChI is InChI=1S/C16H29BrN4/c1-5-14-16(17)15(21(6-2)19-14)11-20-8-7-18-13(10-20)9-12(3)4/h12-13,18H,5-11H2,1-4H3. The Bertz CT molecular complexity index is 455. The Kier molecular flexibility index (Phi) is 6.26. The monoisotopic (exact) mass is 356 g/mol. The van der Waals surface area contributed by atoms with E-state index in [1.165, 1.54) is 22.3 Å². The van der Waals surface area contributed by atoms with Crippen molar-refractivity contribution in [3.63, 3.8) is 0 Å². The molecular formula is C16H29BrN4. The van der Waals surface area contributed by atoms with E-state index in [-0.39, 0.29) is 0 Å². The topological polar surface area (TPSA) is 33.1 Å². The number of nitrogens with one attached hydrogen (secondary N) is 1. The summed E-state index contributed by atoms with van der Waals surface area (Å²) in [4.78, 5) is 2.57. The molecule has 0 radical (unpaired) electrons. The van der Waals surface area contributed by atoms with Gasteiger partial charge in [-0.05, 0) is 41.6 Å². The van der Waals surface area contributed by atoms with Crippen molar-refractivity contribution in [2.45, 2.75) is 59.7 Å². The summed E-state index contributed by atoms with van der Waals surface area (Å²) in [6.07, 6.45) is 2.24. The van der Waals surface area contributed by atoms with E-state index in [9.17, 15) is 0 Å². The Balaban J connectivity index is 2.05. The number of hydrogen-bond acceptors (Lipinski definition) is 3. The van der Waals surface area contributed by atoms with Crippen LogP contribution in [-0.2, 0) is 19.5 Å². The number of nitrogens with zero attached hydrogens (tertiary/aromatic N) is 3. The van der Waals surface area contributed by atoms with Gasteiger partial charge in [-0.15, -0.1) is 0 Å². The Morgan fingerprint density at radius 1 is 1.38 bits per heavy atom. The molecule has 0 saturated carbocycles. The highest BCUT2D eigenvalue weighted by Crippen LogP contribution is 2.24. The molecule has 0 bridgehead atoms. The minimum atomic E-state index is 0.626. The van der Waals surface area contributed by atoms with Crippen LogP contribution in [0.25, 0.3) is 0 Å². The molecule has 4 nitrogen and oxygen atoms in total. The minimum Gasteiger partial charge on any atom is -0.311 e. The molecule has 1 fully saturated rings. The number of aryl methyl sites for hydroxylation is 2. The summed E-state index contributed by atoms with van der Waals surface area (Å²) >= 11 is 3.76. The average molecular weight is 357 g/mol. The van der Waals surface area contributed by atoms with Gasteiger partial charge in [0, 0.05) is 38.8 Å². The molecule has 0 aliphatic carbocycles. The fourth-order valence-corrected chi connectivity index (χ4v) is 3.83. The summed E-state index contributed by atoms with van der Waals surface area (Å²) in [6, 6.07) is 0.626. The molecule has 2 rings (SSSR count). The molecular weight excluding hydrogens is 328 g/mol. The van der Waals surface area contributed by atoms with Gasteiger partial charge >= 0.3 is 0 Å². The van der Waals surface area contributed by atoms with Crippen LogP contribution in [0.1, 0.15) is 45.5 Å². The molecule has 1 atom stereocenters. The van der Waals surface area contributed by atoms with E-state index in [0.29, 0.717) is 6.04 Å². The zero-order valence-electron chi connectivity index (χ0n) is 13.8. The van der Waals surface area contributed by atoms with E-state index < -0.39 is 0 Å². The fourth-order valence-electron chi connectivity index (χ4n) is 3.14. The predicted molar refractivity (Wildman–Crippen MR) is 91.5 cm³/mol. The maximum absolute atomic E-state index is 4.71. The van der Waals surface area contributed by atoms with Gasteiger partial charge in [0.15, 0.2) is 0 Å². The van der Waals surface area contributed by atoms with Crippen LogP contribution in [0.3, 0.4) is 0 Å². The third-order valence-electron chi connectivity index (χ3n) is 4.16. The summed E-state index contributed by atoms with van der Waals surface area (Å²) in [7, 11) is 0. The van der Waals surface area contributed by atoms with E-state index in [0.717, 1.165) is 45.1 Å². The van der Waals surface area contributed by atoms with Crippen molar-refractivity contribution in [1.82, 2.24) is 20.0 Å². The van der Waals surface area contributed by atoms with Crippen LogP contribution >= 0.6 is 15.9 Å². The minimum absolute atomic E-state index is 0.626. The molecule has 1 aliphatic heterocycles. The second-order valence-electron chi connectivity index (χ2n) is 6.39. The Hall–Kier alpha value is -0.390. The van der Waals surface area contributed by atoms with Gasteiger partial charge in [0.1, 0.15) is 0 Å². The average Bonchev–Trinajstić information content (AvgIpc) is 2.75. The molecule has 120 valence electrons. The number of piperazine rings is 1. The van der Waals surface area contributed by atoms with Gasteiger partial charge in [0.25, 0.3) is 0 Å². The van der Waals surface area contributed by atoms with Gasteiger partial charge < -0.3 is 5.32 Å². The number of hydrogen-bond donors (Lipinski definition) is 1. The first-order valence-corrected chi connectivity index (χ1v) is 9.04. The third kappa shape index (κ3) is 4.30. The largest absolute Gasteiger partial charge is 0.311 e. The van der Waals surface area contributed by atoms with Crippen molar-refractivity contribution < 1.29 is 0 Å². The van der Waals surface area contributed by atoms with Crippen LogP contribution in [-0.4, -0.2) is 40.4 Å². The van der Waals surface area contributed by atoms with Gasteiger partial charge in [-0.25, -0.2) is 0 Å². The molecule has 1 aliphatic rings. The van der Waals surface area contributed by atoms with Crippen molar-refractivity contribution in [3.8, 4) is 0 Å². The predicted octanol–water partition coefficient (Wildman–Crippen LogP) is 3.05. The molecule has 1 saturated heterocycles. The van der Waals surface area contributed by atoms with Crippen molar-refractivity contribution in [2.24, 2.45) is 5.92 Å². The Morgan fingerprint density at radius 2 is 2.14 bits per heavy atom. The zero-order chi connectivity index (χ0) is 15.4. The molecule has 0 spiro atoms. The first-order chi connectivity index (χ1) is 10.0. The normalized spacial score (nSPS) is 20.4. The van der Waals surface area contributed by atoms with Crippen molar-refractivity contribution >= 4 is 15.9 Å². The van der Waals surface area contributed by atoms with E-state index in [1.807, 2.05) is 0 Å². The summed E-state index contributed by atoms with van der Waals surface area (Å²) in [6.45, 7) is 14.2. The molecule has 1 aromatic rings. The quantitative estimate of drug-likeness (QED) is 0.850. The maximum atomic E-state index is 4.71. The molecule has 0 aromatic carbocycles. The zero-order valence-corrected chi connectivity index (χ0v) is 15.4. The van der Waals surface area contributed by atoms with E-state index in [4.69, 9.17) is 5.10 Å². The highest BCUT2D eigenvalue weighted by molar-refractivity contribution is 9.10. The second kappa shape index (κ2) is 7.75. The molecule has 21 heavy (non-hydrogen) atoms. The number of aromatic nitrogens is 2. The van der Waals surface area contributed by atoms with Crippen LogP contribution < -0.4 is 5.32 Å². The first kappa shape index (κ1) is 17.0. The molecule has 0 amide bonds. The SMILES string of the molecule is CCc1nn(CC)c(CN2CCNC(CC(C)C)C2)c1Br. The molecule has 5 heteroatoms. The van der Waals surface area contributed by atoms with Gasteiger partial charge in [-0.3, -0.25) is 9.58 Å². The molecule has 1 aromatic heterocycles. The lowest BCUT2D eigenvalue weighted by atomic mass is 10.0. The van der Waals surface area contributed by atoms with Gasteiger partial charge in [-0.1, -0.05) is 20.8 Å². The van der Waals surface area contributed by atoms with Crippen LogP contribution in [0.2, 0.25) is 0 Å². The smallest absolute Gasteiger partial charge is 0.0767 e. The van der Waals surface area contributed by atoms with Gasteiger partial charge in [0.2, 0.25) is 0 Å². The van der Waals surface area contributed by atoms with Gasteiger partial charge in [-0.2, -0.15) is 5.10 Å². The summed E-state index contributed by atoms with van der Waals surface area (Å²) in [5, 5.41) is 8.36. The maximum Gasteiger partial charge on any atom is 0.0767 e. The second-order valence-corrected chi connectivity index (χ2v) is 7.19. The van der Waals surface area contributed by atoms with Crippen LogP contribution in [0, 0.1) is 5.92 Å². The summed E-state index contributed by atoms with van der Waals surface area (Å²) < 4.78 is 3.37. The third-order valence-corrected chi connectivity index (χ3v) is 5.08. The number of halogens is 1. The van der Waals surface area contributed by atoms with Crippen LogP contribution in [0.4, 0.5) is 0 Å². The molecule has 1 N–H and O–H groups in total. The Morgan fingerprint density at radius 3 is 2.76 bits per heavy atom. The van der Waals surface area contributed by atoms with Crippen molar-refractivity contribution in [3.05, 3.63) is 15.9 Å². The first-order valence-electron chi connectivity index (χ1n) is 8.24. The summed E-state index contributed by atoms with van der Waals surface area (Å²) in [5.74, 6) is 0.752. The van der Waals surface area contributed by atoms with E-state index in [1.54, 1.807) is 0 Å². The van der Waals surface area contributed by atoms with Crippen LogP contribution in [0.15, 0.2) is 4.47 Å². The lowest BCUT2D eigenvalue weighted by Crippen LogP contribution is -2.50. The van der Waals surface area contributed by atoms with Crippen LogP contribution in [0.5, 0.6) is 0 Å². The lowest BCUT2D eigenvalue weighted by molar-refractivity contribution is 0.175. The Labute approximate surface area is 137 Å².